The highest BCUT2D eigenvalue weighted by Gasteiger charge is 2.20. The van der Waals surface area contributed by atoms with Gasteiger partial charge in [-0.15, -0.1) is 0 Å². The fourth-order valence-corrected chi connectivity index (χ4v) is 1.33. The third-order valence-electron chi connectivity index (χ3n) is 2.57. The molecule has 0 heterocycles. The predicted molar refractivity (Wildman–Crippen MR) is 65.8 cm³/mol. The fourth-order valence-electron chi connectivity index (χ4n) is 1.33. The fraction of sp³-hybridized carbons (Fsp3) is 0.700. The minimum absolute atomic E-state index is 0.224. The number of nitrogens with two attached hydrogens (primary N) is 2. The maximum Gasteiger partial charge on any atom is 0.325 e. The van der Waals surface area contributed by atoms with Crippen LogP contribution < -0.4 is 22.3 Å². The number of carbonyl (C=O) groups excluding carboxylic acids is 1. The molecule has 19 heavy (non-hydrogen) atoms. The van der Waals surface area contributed by atoms with Crippen molar-refractivity contribution in [2.75, 3.05) is 0 Å². The maximum absolute atomic E-state index is 11.5. The second-order valence-corrected chi connectivity index (χ2v) is 4.16. The van der Waals surface area contributed by atoms with Crippen LogP contribution in [0.25, 0.3) is 0 Å². The molecule has 1 amide bonds. The van der Waals surface area contributed by atoms with E-state index in [2.05, 4.69) is 10.7 Å². The number of amides is 1. The molecular formula is C10H20N4O5. The van der Waals surface area contributed by atoms with Crippen molar-refractivity contribution in [3.8, 4) is 0 Å². The normalized spacial score (nSPS) is 15.3. The predicted octanol–water partition coefficient (Wildman–Crippen LogP) is -2.01. The molecule has 8 N–H and O–H groups in total. The third-order valence-corrected chi connectivity index (χ3v) is 2.57. The van der Waals surface area contributed by atoms with Gasteiger partial charge in [0.05, 0.1) is 6.04 Å². The Hall–Kier alpha value is -1.71. The van der Waals surface area contributed by atoms with Crippen molar-refractivity contribution in [2.45, 2.75) is 44.3 Å². The summed E-state index contributed by atoms with van der Waals surface area (Å²) in [7, 11) is 0. The number of nitrogens with one attached hydrogen (secondary N) is 2. The summed E-state index contributed by atoms with van der Waals surface area (Å²) >= 11 is 0. The summed E-state index contributed by atoms with van der Waals surface area (Å²) in [6, 6.07) is -2.79. The summed E-state index contributed by atoms with van der Waals surface area (Å²) in [5.41, 5.74) is 7.70. The number of carbonyl (C=O) groups is 3. The van der Waals surface area contributed by atoms with Gasteiger partial charge in [-0.3, -0.25) is 20.2 Å². The monoisotopic (exact) mass is 276 g/mol. The number of hydrogen-bond acceptors (Lipinski definition) is 6. The molecule has 0 radical (unpaired) electrons. The Labute approximate surface area is 110 Å². The second-order valence-electron chi connectivity index (χ2n) is 4.16. The first-order valence-electron chi connectivity index (χ1n) is 5.77. The Morgan fingerprint density at radius 3 is 2.16 bits per heavy atom. The molecule has 9 heteroatoms. The quantitative estimate of drug-likeness (QED) is 0.207. The summed E-state index contributed by atoms with van der Waals surface area (Å²) in [6.45, 7) is 1.33. The van der Waals surface area contributed by atoms with E-state index in [9.17, 15) is 14.4 Å². The van der Waals surface area contributed by atoms with Crippen LogP contribution in [-0.4, -0.2) is 46.2 Å². The lowest BCUT2D eigenvalue weighted by molar-refractivity contribution is -0.141. The van der Waals surface area contributed by atoms with E-state index in [-0.39, 0.29) is 12.8 Å². The topological polar surface area (TPSA) is 168 Å². The van der Waals surface area contributed by atoms with Crippen LogP contribution in [0, 0.1) is 0 Å². The molecule has 0 saturated heterocycles. The van der Waals surface area contributed by atoms with Gasteiger partial charge < -0.3 is 21.3 Å². The van der Waals surface area contributed by atoms with Crippen LogP contribution in [0.5, 0.6) is 0 Å². The molecule has 0 fully saturated rings. The van der Waals surface area contributed by atoms with Crippen molar-refractivity contribution in [3.63, 3.8) is 0 Å². The van der Waals surface area contributed by atoms with Crippen molar-refractivity contribution in [1.29, 1.82) is 0 Å². The zero-order chi connectivity index (χ0) is 15.0. The molecular weight excluding hydrogens is 256 g/mol. The second kappa shape index (κ2) is 8.40. The summed E-state index contributed by atoms with van der Waals surface area (Å²) < 4.78 is 0. The van der Waals surface area contributed by atoms with E-state index in [4.69, 9.17) is 21.8 Å². The standard InChI is InChI=1S/C10H20N4O5/c1-5(9(16)17)13-8(15)6(11)3-2-4-7(14-12)10(18)19/h5-7,14H,2-4,11-12H2,1H3,(H,13,15)(H,16,17)(H,18,19)/t5-,6+,7-/m1/s1. The van der Waals surface area contributed by atoms with Gasteiger partial charge in [0, 0.05) is 0 Å². The number of carboxylic acid groups (broad SMARTS) is 2. The molecule has 0 saturated carbocycles. The minimum Gasteiger partial charge on any atom is -0.480 e. The number of hydrogen-bond donors (Lipinski definition) is 6. The van der Waals surface area contributed by atoms with Gasteiger partial charge in [0.2, 0.25) is 5.91 Å². The summed E-state index contributed by atoms with van der Waals surface area (Å²) in [4.78, 5) is 32.7. The van der Waals surface area contributed by atoms with Crippen LogP contribution in [-0.2, 0) is 14.4 Å². The third kappa shape index (κ3) is 6.70. The van der Waals surface area contributed by atoms with Crippen molar-refractivity contribution in [1.82, 2.24) is 10.7 Å². The zero-order valence-electron chi connectivity index (χ0n) is 10.6. The lowest BCUT2D eigenvalue weighted by Gasteiger charge is -2.16. The number of aliphatic carboxylic acids is 2. The van der Waals surface area contributed by atoms with Crippen LogP contribution >= 0.6 is 0 Å². The number of carboxylic acids is 2. The first kappa shape index (κ1) is 17.3. The molecule has 0 aliphatic heterocycles. The van der Waals surface area contributed by atoms with Gasteiger partial charge in [0.25, 0.3) is 0 Å². The largest absolute Gasteiger partial charge is 0.480 e. The summed E-state index contributed by atoms with van der Waals surface area (Å²) in [6.07, 6.45) is 0.835. The van der Waals surface area contributed by atoms with E-state index in [0.29, 0.717) is 6.42 Å². The van der Waals surface area contributed by atoms with Crippen molar-refractivity contribution in [2.24, 2.45) is 11.6 Å². The molecule has 9 nitrogen and oxygen atoms in total. The van der Waals surface area contributed by atoms with E-state index in [1.54, 1.807) is 0 Å². The number of hydrazine groups is 1. The van der Waals surface area contributed by atoms with E-state index in [1.807, 2.05) is 0 Å². The van der Waals surface area contributed by atoms with Gasteiger partial charge >= 0.3 is 11.9 Å². The van der Waals surface area contributed by atoms with E-state index >= 15 is 0 Å². The lowest BCUT2D eigenvalue weighted by atomic mass is 10.1. The molecule has 0 aliphatic rings. The van der Waals surface area contributed by atoms with Crippen molar-refractivity contribution >= 4 is 17.8 Å². The van der Waals surface area contributed by atoms with Gasteiger partial charge in [0.1, 0.15) is 12.1 Å². The highest BCUT2D eigenvalue weighted by Crippen LogP contribution is 2.03. The van der Waals surface area contributed by atoms with Crippen molar-refractivity contribution < 1.29 is 24.6 Å². The maximum atomic E-state index is 11.5. The molecule has 0 aromatic rings. The van der Waals surface area contributed by atoms with Gasteiger partial charge in [-0.2, -0.15) is 0 Å². The Kier molecular flexibility index (Phi) is 7.65. The molecule has 0 unspecified atom stereocenters. The zero-order valence-corrected chi connectivity index (χ0v) is 10.6. The van der Waals surface area contributed by atoms with Gasteiger partial charge in [-0.25, -0.2) is 5.43 Å². The first-order chi connectivity index (χ1) is 8.79. The first-order valence-corrected chi connectivity index (χ1v) is 5.77. The average Bonchev–Trinajstić information content (AvgIpc) is 2.33. The lowest BCUT2D eigenvalue weighted by Crippen LogP contribution is -2.47. The van der Waals surface area contributed by atoms with Gasteiger partial charge in [-0.1, -0.05) is 0 Å². The van der Waals surface area contributed by atoms with Gasteiger partial charge in [-0.05, 0) is 26.2 Å². The highest BCUT2D eigenvalue weighted by molar-refractivity contribution is 5.86. The van der Waals surface area contributed by atoms with Crippen LogP contribution in [0.15, 0.2) is 0 Å². The highest BCUT2D eigenvalue weighted by atomic mass is 16.4. The molecule has 0 aliphatic carbocycles. The average molecular weight is 276 g/mol. The van der Waals surface area contributed by atoms with E-state index in [0.717, 1.165) is 0 Å². The molecule has 3 atom stereocenters. The SMILES string of the molecule is C[C@@H](NC(=O)[C@@H](N)CCC[C@@H](NN)C(=O)O)C(=O)O. The summed E-state index contributed by atoms with van der Waals surface area (Å²) in [5, 5.41) is 19.6. The van der Waals surface area contributed by atoms with Crippen LogP contribution in [0.4, 0.5) is 0 Å². The minimum atomic E-state index is -1.15. The van der Waals surface area contributed by atoms with Gasteiger partial charge in [0.15, 0.2) is 0 Å². The Balaban J connectivity index is 4.03. The van der Waals surface area contributed by atoms with Crippen LogP contribution in [0.1, 0.15) is 26.2 Å². The molecule has 110 valence electrons. The Morgan fingerprint density at radius 2 is 1.74 bits per heavy atom. The molecule has 0 aromatic carbocycles. The van der Waals surface area contributed by atoms with Crippen molar-refractivity contribution in [3.05, 3.63) is 0 Å². The Bertz CT molecular complexity index is 336. The molecule has 0 bridgehead atoms. The smallest absolute Gasteiger partial charge is 0.325 e. The van der Waals surface area contributed by atoms with E-state index < -0.39 is 36.0 Å². The van der Waals surface area contributed by atoms with E-state index in [1.165, 1.54) is 6.92 Å². The number of rotatable bonds is 9. The summed E-state index contributed by atoms with van der Waals surface area (Å²) in [5.74, 6) is 2.22. The Morgan fingerprint density at radius 1 is 1.16 bits per heavy atom. The van der Waals surface area contributed by atoms with Crippen LogP contribution in [0.2, 0.25) is 0 Å². The van der Waals surface area contributed by atoms with Crippen LogP contribution in [0.3, 0.4) is 0 Å². The molecule has 0 spiro atoms. The molecule has 0 aromatic heterocycles. The molecule has 0 rings (SSSR count).